The Kier molecular flexibility index (Phi) is 2.48. The molecule has 0 aromatic carbocycles. The van der Waals surface area contributed by atoms with Crippen molar-refractivity contribution in [3.63, 3.8) is 0 Å². The number of nitrogens with one attached hydrogen (secondary N) is 1. The minimum absolute atomic E-state index is 0.0665. The van der Waals surface area contributed by atoms with E-state index in [-0.39, 0.29) is 11.1 Å². The van der Waals surface area contributed by atoms with Crippen LogP contribution in [0.4, 0.5) is 0 Å². The zero-order valence-corrected chi connectivity index (χ0v) is 8.62. The minimum atomic E-state index is -1.00. The van der Waals surface area contributed by atoms with Crippen LogP contribution in [0.5, 0.6) is 0 Å². The summed E-state index contributed by atoms with van der Waals surface area (Å²) in [5, 5.41) is 15.3. The van der Waals surface area contributed by atoms with Gasteiger partial charge in [0.15, 0.2) is 5.69 Å². The number of carboxylic acid groups (broad SMARTS) is 1. The maximum Gasteiger partial charge on any atom is 0.356 e. The number of aromatic amines is 1. The molecule has 1 aliphatic heterocycles. The summed E-state index contributed by atoms with van der Waals surface area (Å²) in [5.41, 5.74) is 0.787. The number of nitrogens with zero attached hydrogens (tertiary/aromatic N) is 1. The fraction of sp³-hybridized carbons (Fsp3) is 0.600. The Morgan fingerprint density at radius 2 is 2.53 bits per heavy atom. The van der Waals surface area contributed by atoms with E-state index in [1.165, 1.54) is 0 Å². The van der Waals surface area contributed by atoms with E-state index in [1.807, 2.05) is 0 Å². The minimum Gasteiger partial charge on any atom is -0.476 e. The molecule has 0 bridgehead atoms. The van der Waals surface area contributed by atoms with Crippen molar-refractivity contribution >= 4 is 5.97 Å². The van der Waals surface area contributed by atoms with Crippen molar-refractivity contribution in [2.24, 2.45) is 0 Å². The molecule has 0 aliphatic carbocycles. The summed E-state index contributed by atoms with van der Waals surface area (Å²) < 4.78 is 5.41. The van der Waals surface area contributed by atoms with E-state index in [2.05, 4.69) is 17.1 Å². The van der Waals surface area contributed by atoms with Gasteiger partial charge in [-0.1, -0.05) is 6.92 Å². The normalized spacial score (nSPS) is 26.5. The standard InChI is InChI=1S/C10H14N2O3/c1-10(3-2-4-15-6-10)8-5-7(9(13)14)11-12-8/h5H,2-4,6H2,1H3,(H,11,12)(H,13,14). The lowest BCUT2D eigenvalue weighted by atomic mass is 9.81. The lowest BCUT2D eigenvalue weighted by Gasteiger charge is -2.32. The van der Waals surface area contributed by atoms with E-state index in [9.17, 15) is 4.79 Å². The molecule has 1 aromatic rings. The lowest BCUT2D eigenvalue weighted by molar-refractivity contribution is 0.0402. The number of hydrogen-bond donors (Lipinski definition) is 2. The smallest absolute Gasteiger partial charge is 0.356 e. The number of aromatic carboxylic acids is 1. The molecular weight excluding hydrogens is 196 g/mol. The summed E-state index contributed by atoms with van der Waals surface area (Å²) in [6.07, 6.45) is 1.99. The summed E-state index contributed by atoms with van der Waals surface area (Å²) in [6, 6.07) is 1.59. The monoisotopic (exact) mass is 210 g/mol. The predicted octanol–water partition coefficient (Wildman–Crippen LogP) is 1.18. The third-order valence-corrected chi connectivity index (χ3v) is 2.89. The summed E-state index contributed by atoms with van der Waals surface area (Å²) in [5.74, 6) is -1.00. The van der Waals surface area contributed by atoms with E-state index < -0.39 is 5.97 Å². The van der Waals surface area contributed by atoms with Gasteiger partial charge >= 0.3 is 5.97 Å². The van der Waals surface area contributed by atoms with Crippen LogP contribution in [0.1, 0.15) is 35.9 Å². The highest BCUT2D eigenvalue weighted by Crippen LogP contribution is 2.31. The number of carbonyl (C=O) groups is 1. The molecule has 0 spiro atoms. The molecule has 2 rings (SSSR count). The van der Waals surface area contributed by atoms with Crippen LogP contribution in [-0.2, 0) is 10.2 Å². The topological polar surface area (TPSA) is 75.2 Å². The quantitative estimate of drug-likeness (QED) is 0.768. The van der Waals surface area contributed by atoms with Gasteiger partial charge in [0.25, 0.3) is 0 Å². The first-order chi connectivity index (χ1) is 7.12. The molecule has 15 heavy (non-hydrogen) atoms. The number of aromatic nitrogens is 2. The number of hydrogen-bond acceptors (Lipinski definition) is 3. The Balaban J connectivity index is 2.23. The summed E-state index contributed by atoms with van der Waals surface area (Å²) in [4.78, 5) is 10.7. The molecule has 82 valence electrons. The zero-order chi connectivity index (χ0) is 10.9. The third-order valence-electron chi connectivity index (χ3n) is 2.89. The molecule has 2 N–H and O–H groups in total. The molecule has 1 aliphatic rings. The van der Waals surface area contributed by atoms with Crippen molar-refractivity contribution in [2.75, 3.05) is 13.2 Å². The molecule has 1 atom stereocenters. The molecule has 0 radical (unpaired) electrons. The van der Waals surface area contributed by atoms with E-state index in [0.29, 0.717) is 6.61 Å². The van der Waals surface area contributed by atoms with Gasteiger partial charge in [-0.15, -0.1) is 0 Å². The van der Waals surface area contributed by atoms with Crippen LogP contribution < -0.4 is 0 Å². The van der Waals surface area contributed by atoms with Gasteiger partial charge < -0.3 is 9.84 Å². The van der Waals surface area contributed by atoms with Gasteiger partial charge in [0.05, 0.1) is 6.61 Å². The van der Waals surface area contributed by atoms with Gasteiger partial charge in [-0.05, 0) is 18.9 Å². The molecule has 0 saturated carbocycles. The largest absolute Gasteiger partial charge is 0.476 e. The van der Waals surface area contributed by atoms with Gasteiger partial charge in [0, 0.05) is 17.7 Å². The average molecular weight is 210 g/mol. The van der Waals surface area contributed by atoms with Gasteiger partial charge in [0.1, 0.15) is 0 Å². The van der Waals surface area contributed by atoms with Crippen LogP contribution in [0.25, 0.3) is 0 Å². The van der Waals surface area contributed by atoms with Gasteiger partial charge in [-0.3, -0.25) is 5.10 Å². The van der Waals surface area contributed by atoms with Crippen molar-refractivity contribution in [1.82, 2.24) is 10.2 Å². The Labute approximate surface area is 87.4 Å². The SMILES string of the molecule is CC1(c2cc(C(=O)O)n[nH]2)CCCOC1. The first-order valence-corrected chi connectivity index (χ1v) is 4.99. The van der Waals surface area contributed by atoms with E-state index in [4.69, 9.17) is 9.84 Å². The molecule has 5 heteroatoms. The lowest BCUT2D eigenvalue weighted by Crippen LogP contribution is -2.33. The number of ether oxygens (including phenoxy) is 1. The fourth-order valence-electron chi connectivity index (χ4n) is 1.89. The molecule has 1 fully saturated rings. The highest BCUT2D eigenvalue weighted by molar-refractivity contribution is 5.85. The number of H-pyrrole nitrogens is 1. The van der Waals surface area contributed by atoms with Gasteiger partial charge in [-0.2, -0.15) is 5.10 Å². The number of carboxylic acids is 1. The molecule has 5 nitrogen and oxygen atoms in total. The summed E-state index contributed by atoms with van der Waals surface area (Å²) in [7, 11) is 0. The van der Waals surface area contributed by atoms with E-state index >= 15 is 0 Å². The Bertz CT molecular complexity index is 366. The van der Waals surface area contributed by atoms with Crippen LogP contribution in [0.2, 0.25) is 0 Å². The average Bonchev–Trinajstić information content (AvgIpc) is 2.68. The molecular formula is C10H14N2O3. The van der Waals surface area contributed by atoms with Gasteiger partial charge in [-0.25, -0.2) is 4.79 Å². The second-order valence-electron chi connectivity index (χ2n) is 4.19. The zero-order valence-electron chi connectivity index (χ0n) is 8.62. The molecule has 1 saturated heterocycles. The van der Waals surface area contributed by atoms with Crippen LogP contribution >= 0.6 is 0 Å². The summed E-state index contributed by atoms with van der Waals surface area (Å²) >= 11 is 0. The second-order valence-corrected chi connectivity index (χ2v) is 4.19. The molecule has 2 heterocycles. The Morgan fingerprint density at radius 1 is 1.73 bits per heavy atom. The van der Waals surface area contributed by atoms with Gasteiger partial charge in [0.2, 0.25) is 0 Å². The van der Waals surface area contributed by atoms with Crippen LogP contribution in [-0.4, -0.2) is 34.5 Å². The Hall–Kier alpha value is -1.36. The highest BCUT2D eigenvalue weighted by atomic mass is 16.5. The number of rotatable bonds is 2. The highest BCUT2D eigenvalue weighted by Gasteiger charge is 2.32. The van der Waals surface area contributed by atoms with Crippen molar-refractivity contribution in [3.05, 3.63) is 17.5 Å². The molecule has 0 amide bonds. The predicted molar refractivity (Wildman–Crippen MR) is 53.0 cm³/mol. The fourth-order valence-corrected chi connectivity index (χ4v) is 1.89. The van der Waals surface area contributed by atoms with Crippen LogP contribution in [0.15, 0.2) is 6.07 Å². The first kappa shape index (κ1) is 10.2. The van der Waals surface area contributed by atoms with Crippen LogP contribution in [0, 0.1) is 0 Å². The maximum absolute atomic E-state index is 10.7. The first-order valence-electron chi connectivity index (χ1n) is 4.99. The van der Waals surface area contributed by atoms with Crippen molar-refractivity contribution in [3.8, 4) is 0 Å². The van der Waals surface area contributed by atoms with E-state index in [0.717, 1.165) is 25.1 Å². The molecule has 1 unspecified atom stereocenters. The second kappa shape index (κ2) is 3.66. The van der Waals surface area contributed by atoms with Crippen molar-refractivity contribution < 1.29 is 14.6 Å². The maximum atomic E-state index is 10.7. The van der Waals surface area contributed by atoms with E-state index in [1.54, 1.807) is 6.07 Å². The van der Waals surface area contributed by atoms with Crippen LogP contribution in [0.3, 0.4) is 0 Å². The molecule has 1 aromatic heterocycles. The Morgan fingerprint density at radius 3 is 3.07 bits per heavy atom. The third kappa shape index (κ3) is 1.87. The van der Waals surface area contributed by atoms with Crippen molar-refractivity contribution in [1.29, 1.82) is 0 Å². The van der Waals surface area contributed by atoms with Crippen molar-refractivity contribution in [2.45, 2.75) is 25.2 Å². The summed E-state index contributed by atoms with van der Waals surface area (Å²) in [6.45, 7) is 3.47.